The maximum absolute atomic E-state index is 12.5. The summed E-state index contributed by atoms with van der Waals surface area (Å²) in [5.41, 5.74) is 6.73. The van der Waals surface area contributed by atoms with Crippen LogP contribution in [0.2, 0.25) is 0 Å². The van der Waals surface area contributed by atoms with E-state index in [4.69, 9.17) is 0 Å². The van der Waals surface area contributed by atoms with Crippen molar-refractivity contribution in [2.75, 3.05) is 0 Å². The lowest BCUT2D eigenvalue weighted by molar-refractivity contribution is 0.0952. The summed E-state index contributed by atoms with van der Waals surface area (Å²) in [4.78, 5) is 16.8. The van der Waals surface area contributed by atoms with Gasteiger partial charge in [0.05, 0.1) is 11.3 Å². The fraction of sp³-hybridized carbons (Fsp3) is 0.190. The average molecular weight is 359 g/mol. The topological polar surface area (TPSA) is 64.2 Å². The first-order valence-corrected chi connectivity index (χ1v) is 8.84. The Kier molecular flexibility index (Phi) is 4.24. The van der Waals surface area contributed by atoms with Gasteiger partial charge in [-0.3, -0.25) is 9.48 Å². The number of nitrogens with one attached hydrogen (secondary N) is 1. The highest BCUT2D eigenvalue weighted by molar-refractivity contribution is 5.99. The third-order valence-electron chi connectivity index (χ3n) is 4.87. The van der Waals surface area contributed by atoms with Gasteiger partial charge in [-0.25, -0.2) is 4.98 Å². The minimum absolute atomic E-state index is 0.130. The Morgan fingerprint density at radius 2 is 1.89 bits per heavy atom. The molecule has 1 N–H and O–H groups in total. The molecule has 1 aromatic carbocycles. The summed E-state index contributed by atoms with van der Waals surface area (Å²) in [5, 5.41) is 7.45. The van der Waals surface area contributed by atoms with Crippen LogP contribution in [-0.2, 0) is 13.6 Å². The van der Waals surface area contributed by atoms with Crippen molar-refractivity contribution in [2.45, 2.75) is 20.4 Å². The second kappa shape index (κ2) is 6.72. The Morgan fingerprint density at radius 1 is 1.11 bits per heavy atom. The number of aryl methyl sites for hydroxylation is 2. The third kappa shape index (κ3) is 3.10. The highest BCUT2D eigenvalue weighted by Crippen LogP contribution is 2.26. The van der Waals surface area contributed by atoms with Crippen LogP contribution in [0.1, 0.15) is 27.3 Å². The summed E-state index contributed by atoms with van der Waals surface area (Å²) in [5.74, 6) is -0.130. The number of hydrogen-bond donors (Lipinski definition) is 1. The number of rotatable bonds is 4. The SMILES string of the molecule is Cc1nn(C)c(C)c1-c1ccc(CNC(=O)c2cccn3ccnc23)cc1. The highest BCUT2D eigenvalue weighted by atomic mass is 16.1. The largest absolute Gasteiger partial charge is 0.348 e. The molecule has 0 bridgehead atoms. The predicted octanol–water partition coefficient (Wildman–Crippen LogP) is 3.28. The van der Waals surface area contributed by atoms with Crippen molar-refractivity contribution in [1.29, 1.82) is 0 Å². The van der Waals surface area contributed by atoms with Crippen LogP contribution >= 0.6 is 0 Å². The summed E-state index contributed by atoms with van der Waals surface area (Å²) in [6, 6.07) is 11.9. The second-order valence-corrected chi connectivity index (χ2v) is 6.63. The van der Waals surface area contributed by atoms with Gasteiger partial charge in [0.15, 0.2) is 0 Å². The lowest BCUT2D eigenvalue weighted by Crippen LogP contribution is -2.23. The van der Waals surface area contributed by atoms with Gasteiger partial charge in [-0.1, -0.05) is 24.3 Å². The lowest BCUT2D eigenvalue weighted by Gasteiger charge is -2.08. The van der Waals surface area contributed by atoms with Crippen LogP contribution in [0.15, 0.2) is 55.0 Å². The van der Waals surface area contributed by atoms with Crippen molar-refractivity contribution in [2.24, 2.45) is 7.05 Å². The number of fused-ring (bicyclic) bond motifs is 1. The molecule has 0 spiro atoms. The molecule has 136 valence electrons. The van der Waals surface area contributed by atoms with Gasteiger partial charge in [0.25, 0.3) is 5.91 Å². The van der Waals surface area contributed by atoms with Gasteiger partial charge in [0.1, 0.15) is 5.65 Å². The molecular formula is C21H21N5O. The van der Waals surface area contributed by atoms with E-state index in [1.54, 1.807) is 12.3 Å². The first kappa shape index (κ1) is 17.0. The van der Waals surface area contributed by atoms with Crippen molar-refractivity contribution in [1.82, 2.24) is 24.5 Å². The molecule has 0 unspecified atom stereocenters. The van der Waals surface area contributed by atoms with Crippen LogP contribution in [-0.4, -0.2) is 25.1 Å². The minimum Gasteiger partial charge on any atom is -0.348 e. The van der Waals surface area contributed by atoms with Gasteiger partial charge < -0.3 is 9.72 Å². The molecular weight excluding hydrogens is 338 g/mol. The summed E-state index contributed by atoms with van der Waals surface area (Å²) in [7, 11) is 1.95. The standard InChI is InChI=1S/C21H21N5O/c1-14-19(15(2)25(3)24-14)17-8-6-16(7-9-17)13-23-21(27)18-5-4-11-26-12-10-22-20(18)26/h4-12H,13H2,1-3H3,(H,23,27). The quantitative estimate of drug-likeness (QED) is 0.608. The summed E-state index contributed by atoms with van der Waals surface area (Å²) in [6.07, 6.45) is 5.39. The Labute approximate surface area is 157 Å². The first-order valence-electron chi connectivity index (χ1n) is 8.84. The number of carbonyl (C=O) groups excluding carboxylic acids is 1. The monoisotopic (exact) mass is 359 g/mol. The number of pyridine rings is 1. The fourth-order valence-corrected chi connectivity index (χ4v) is 3.38. The van der Waals surface area contributed by atoms with E-state index in [1.165, 1.54) is 5.56 Å². The highest BCUT2D eigenvalue weighted by Gasteiger charge is 2.13. The Morgan fingerprint density at radius 3 is 2.59 bits per heavy atom. The molecule has 0 aliphatic carbocycles. The molecule has 0 aliphatic rings. The molecule has 6 heteroatoms. The van der Waals surface area contributed by atoms with Crippen LogP contribution in [0.4, 0.5) is 0 Å². The van der Waals surface area contributed by atoms with Crippen molar-refractivity contribution in [3.8, 4) is 11.1 Å². The van der Waals surface area contributed by atoms with E-state index in [0.717, 1.165) is 22.5 Å². The van der Waals surface area contributed by atoms with Crippen molar-refractivity contribution in [3.63, 3.8) is 0 Å². The predicted molar refractivity (Wildman–Crippen MR) is 104 cm³/mol. The van der Waals surface area contributed by atoms with E-state index in [9.17, 15) is 4.79 Å². The minimum atomic E-state index is -0.130. The molecule has 0 fully saturated rings. The van der Waals surface area contributed by atoms with Gasteiger partial charge in [-0.2, -0.15) is 5.10 Å². The zero-order valence-corrected chi connectivity index (χ0v) is 15.6. The third-order valence-corrected chi connectivity index (χ3v) is 4.87. The van der Waals surface area contributed by atoms with Crippen LogP contribution in [0.5, 0.6) is 0 Å². The molecule has 0 saturated heterocycles. The van der Waals surface area contributed by atoms with Gasteiger partial charge >= 0.3 is 0 Å². The number of carbonyl (C=O) groups is 1. The zero-order chi connectivity index (χ0) is 19.0. The van der Waals surface area contributed by atoms with Gasteiger partial charge in [0.2, 0.25) is 0 Å². The summed E-state index contributed by atoms with van der Waals surface area (Å²) in [6.45, 7) is 4.55. The van der Waals surface area contributed by atoms with Crippen molar-refractivity contribution in [3.05, 3.63) is 77.5 Å². The van der Waals surface area contributed by atoms with E-state index in [-0.39, 0.29) is 5.91 Å². The Balaban J connectivity index is 1.49. The van der Waals surface area contributed by atoms with E-state index in [0.29, 0.717) is 17.8 Å². The zero-order valence-electron chi connectivity index (χ0n) is 15.6. The molecule has 4 aromatic rings. The maximum Gasteiger partial charge on any atom is 0.255 e. The van der Waals surface area contributed by atoms with Crippen LogP contribution in [0.25, 0.3) is 16.8 Å². The number of hydrogen-bond acceptors (Lipinski definition) is 3. The van der Waals surface area contributed by atoms with Gasteiger partial charge in [0, 0.05) is 43.4 Å². The van der Waals surface area contributed by atoms with Crippen LogP contribution in [0.3, 0.4) is 0 Å². The molecule has 1 amide bonds. The number of nitrogens with zero attached hydrogens (tertiary/aromatic N) is 4. The normalized spacial score (nSPS) is 11.1. The molecule has 3 heterocycles. The average Bonchev–Trinajstić information content (AvgIpc) is 3.24. The smallest absolute Gasteiger partial charge is 0.255 e. The lowest BCUT2D eigenvalue weighted by atomic mass is 10.0. The van der Waals surface area contributed by atoms with E-state index < -0.39 is 0 Å². The summed E-state index contributed by atoms with van der Waals surface area (Å²) < 4.78 is 3.73. The molecule has 0 saturated carbocycles. The Bertz CT molecular complexity index is 1120. The molecule has 0 atom stereocenters. The molecule has 0 radical (unpaired) electrons. The number of amides is 1. The molecule has 4 rings (SSSR count). The van der Waals surface area contributed by atoms with Gasteiger partial charge in [-0.15, -0.1) is 0 Å². The molecule has 6 nitrogen and oxygen atoms in total. The van der Waals surface area contributed by atoms with E-state index in [2.05, 4.69) is 34.5 Å². The van der Waals surface area contributed by atoms with Gasteiger partial charge in [-0.05, 0) is 37.1 Å². The molecule has 27 heavy (non-hydrogen) atoms. The van der Waals surface area contributed by atoms with E-state index in [1.807, 2.05) is 53.6 Å². The van der Waals surface area contributed by atoms with Crippen molar-refractivity contribution >= 4 is 11.6 Å². The second-order valence-electron chi connectivity index (χ2n) is 6.63. The van der Waals surface area contributed by atoms with Crippen LogP contribution in [0, 0.1) is 13.8 Å². The molecule has 3 aromatic heterocycles. The first-order chi connectivity index (χ1) is 13.0. The van der Waals surface area contributed by atoms with Crippen molar-refractivity contribution < 1.29 is 4.79 Å². The molecule has 0 aliphatic heterocycles. The maximum atomic E-state index is 12.5. The van der Waals surface area contributed by atoms with E-state index >= 15 is 0 Å². The summed E-state index contributed by atoms with van der Waals surface area (Å²) >= 11 is 0. The number of aromatic nitrogens is 4. The fourth-order valence-electron chi connectivity index (χ4n) is 3.38. The number of imidazole rings is 1. The Hall–Kier alpha value is -3.41. The number of benzene rings is 1. The van der Waals surface area contributed by atoms with Crippen LogP contribution < -0.4 is 5.32 Å².